The standard InChI is InChI=1S/C22H21NO6/c1-3-29-22(25)21-19(15-5-4-6-17(11-15)23(26)27)12-16(13-20(21)24)14-7-9-18(28-2)10-8-14/h4-11,13,19,21H,3,12H2,1-2H3/t19-,21+/m1/s1. The number of methoxy groups -OCH3 is 1. The largest absolute Gasteiger partial charge is 0.497 e. The summed E-state index contributed by atoms with van der Waals surface area (Å²) in [5, 5.41) is 11.2. The summed E-state index contributed by atoms with van der Waals surface area (Å²) in [6.07, 6.45) is 1.85. The van der Waals surface area contributed by atoms with E-state index in [2.05, 4.69) is 0 Å². The highest BCUT2D eigenvalue weighted by molar-refractivity contribution is 6.10. The number of nitrogens with zero attached hydrogens (tertiary/aromatic N) is 1. The topological polar surface area (TPSA) is 95.7 Å². The zero-order valence-electron chi connectivity index (χ0n) is 16.2. The molecule has 1 aliphatic carbocycles. The first-order chi connectivity index (χ1) is 13.9. The molecular weight excluding hydrogens is 374 g/mol. The molecule has 2 aromatic carbocycles. The second-order valence-corrected chi connectivity index (χ2v) is 6.69. The maximum absolute atomic E-state index is 12.9. The van der Waals surface area contributed by atoms with E-state index in [0.29, 0.717) is 17.7 Å². The van der Waals surface area contributed by atoms with E-state index in [9.17, 15) is 19.7 Å². The first-order valence-electron chi connectivity index (χ1n) is 9.24. The van der Waals surface area contributed by atoms with Crippen LogP contribution < -0.4 is 4.74 Å². The van der Waals surface area contributed by atoms with Crippen LogP contribution in [-0.2, 0) is 14.3 Å². The Morgan fingerprint density at radius 2 is 1.93 bits per heavy atom. The molecule has 2 atom stereocenters. The molecule has 150 valence electrons. The molecule has 3 rings (SSSR count). The third kappa shape index (κ3) is 4.34. The number of allylic oxidation sites excluding steroid dienone is 2. The summed E-state index contributed by atoms with van der Waals surface area (Å²) in [4.78, 5) is 36.1. The van der Waals surface area contributed by atoms with Gasteiger partial charge >= 0.3 is 5.97 Å². The third-order valence-electron chi connectivity index (χ3n) is 4.98. The van der Waals surface area contributed by atoms with E-state index < -0.39 is 22.7 Å². The molecule has 0 saturated heterocycles. The van der Waals surface area contributed by atoms with E-state index >= 15 is 0 Å². The van der Waals surface area contributed by atoms with Gasteiger partial charge < -0.3 is 9.47 Å². The first kappa shape index (κ1) is 20.3. The van der Waals surface area contributed by atoms with Crippen molar-refractivity contribution in [3.8, 4) is 5.75 Å². The summed E-state index contributed by atoms with van der Waals surface area (Å²) < 4.78 is 10.3. The van der Waals surface area contributed by atoms with Crippen LogP contribution in [-0.4, -0.2) is 30.4 Å². The Labute approximate surface area is 168 Å². The van der Waals surface area contributed by atoms with Crippen LogP contribution in [0.25, 0.3) is 5.57 Å². The lowest BCUT2D eigenvalue weighted by molar-refractivity contribution is -0.384. The van der Waals surface area contributed by atoms with E-state index in [0.717, 1.165) is 11.1 Å². The Hall–Kier alpha value is -3.48. The lowest BCUT2D eigenvalue weighted by atomic mass is 9.73. The Kier molecular flexibility index (Phi) is 6.07. The van der Waals surface area contributed by atoms with E-state index in [4.69, 9.17) is 9.47 Å². The monoisotopic (exact) mass is 395 g/mol. The molecular formula is C22H21NO6. The van der Waals surface area contributed by atoms with Crippen LogP contribution >= 0.6 is 0 Å². The van der Waals surface area contributed by atoms with Crippen LogP contribution in [0.5, 0.6) is 5.75 Å². The number of hydrogen-bond acceptors (Lipinski definition) is 6. The highest BCUT2D eigenvalue weighted by Crippen LogP contribution is 2.41. The molecule has 0 fully saturated rings. The third-order valence-corrected chi connectivity index (χ3v) is 4.98. The fraction of sp³-hybridized carbons (Fsp3) is 0.273. The molecule has 0 saturated carbocycles. The summed E-state index contributed by atoms with van der Waals surface area (Å²) in [6.45, 7) is 1.82. The number of nitro groups is 1. The minimum Gasteiger partial charge on any atom is -0.497 e. The van der Waals surface area contributed by atoms with Gasteiger partial charge in [0.25, 0.3) is 5.69 Å². The first-order valence-corrected chi connectivity index (χ1v) is 9.24. The molecule has 7 nitrogen and oxygen atoms in total. The van der Waals surface area contributed by atoms with Gasteiger partial charge in [-0.2, -0.15) is 0 Å². The fourth-order valence-electron chi connectivity index (χ4n) is 3.57. The van der Waals surface area contributed by atoms with Crippen molar-refractivity contribution < 1.29 is 24.0 Å². The molecule has 7 heteroatoms. The summed E-state index contributed by atoms with van der Waals surface area (Å²) in [5.74, 6) is -1.87. The Balaban J connectivity index is 2.03. The molecule has 0 aromatic heterocycles. The van der Waals surface area contributed by atoms with Crippen molar-refractivity contribution in [3.63, 3.8) is 0 Å². The molecule has 0 heterocycles. The smallest absolute Gasteiger partial charge is 0.317 e. The second kappa shape index (κ2) is 8.68. The Morgan fingerprint density at radius 3 is 2.55 bits per heavy atom. The number of carbonyl (C=O) groups is 2. The van der Waals surface area contributed by atoms with Gasteiger partial charge in [0, 0.05) is 18.1 Å². The van der Waals surface area contributed by atoms with Crippen molar-refractivity contribution in [2.75, 3.05) is 13.7 Å². The van der Waals surface area contributed by atoms with Crippen molar-refractivity contribution in [1.29, 1.82) is 0 Å². The number of carbonyl (C=O) groups excluding carboxylic acids is 2. The van der Waals surface area contributed by atoms with Gasteiger partial charge in [0.2, 0.25) is 0 Å². The van der Waals surface area contributed by atoms with Crippen LogP contribution in [0, 0.1) is 16.0 Å². The van der Waals surface area contributed by atoms with Gasteiger partial charge in [0.15, 0.2) is 5.78 Å². The average Bonchev–Trinajstić information content (AvgIpc) is 2.73. The maximum atomic E-state index is 12.9. The molecule has 1 aliphatic rings. The van der Waals surface area contributed by atoms with Crippen LogP contribution in [0.1, 0.15) is 30.4 Å². The number of hydrogen-bond donors (Lipinski definition) is 0. The summed E-state index contributed by atoms with van der Waals surface area (Å²) >= 11 is 0. The van der Waals surface area contributed by atoms with E-state index in [-0.39, 0.29) is 18.1 Å². The number of benzene rings is 2. The van der Waals surface area contributed by atoms with Gasteiger partial charge in [-0.15, -0.1) is 0 Å². The normalized spacial score (nSPS) is 18.7. The molecule has 0 spiro atoms. The minimum absolute atomic E-state index is 0.0851. The van der Waals surface area contributed by atoms with Crippen molar-refractivity contribution in [2.45, 2.75) is 19.3 Å². The predicted molar refractivity (Wildman–Crippen MR) is 107 cm³/mol. The zero-order valence-corrected chi connectivity index (χ0v) is 16.2. The number of esters is 1. The van der Waals surface area contributed by atoms with E-state index in [1.165, 1.54) is 18.2 Å². The van der Waals surface area contributed by atoms with Crippen molar-refractivity contribution in [3.05, 3.63) is 75.8 Å². The molecule has 0 amide bonds. The van der Waals surface area contributed by atoms with E-state index in [1.807, 2.05) is 12.1 Å². The van der Waals surface area contributed by atoms with Gasteiger partial charge in [-0.05, 0) is 48.3 Å². The van der Waals surface area contributed by atoms with Gasteiger partial charge in [-0.3, -0.25) is 19.7 Å². The van der Waals surface area contributed by atoms with Gasteiger partial charge in [0.05, 0.1) is 18.6 Å². The van der Waals surface area contributed by atoms with Crippen molar-refractivity contribution >= 4 is 23.0 Å². The molecule has 0 unspecified atom stereocenters. The van der Waals surface area contributed by atoms with E-state index in [1.54, 1.807) is 38.3 Å². The van der Waals surface area contributed by atoms with Crippen LogP contribution in [0.2, 0.25) is 0 Å². The lowest BCUT2D eigenvalue weighted by Crippen LogP contribution is -2.34. The highest BCUT2D eigenvalue weighted by atomic mass is 16.6. The SMILES string of the molecule is CCOC(=O)[C@@H]1C(=O)C=C(c2ccc(OC)cc2)C[C@@H]1c1cccc([N+](=O)[O-])c1. The molecule has 0 N–H and O–H groups in total. The Bertz CT molecular complexity index is 964. The zero-order chi connectivity index (χ0) is 21.0. The maximum Gasteiger partial charge on any atom is 0.317 e. The number of ketones is 1. The number of nitro benzene ring substituents is 1. The average molecular weight is 395 g/mol. The molecule has 0 radical (unpaired) electrons. The lowest BCUT2D eigenvalue weighted by Gasteiger charge is -2.29. The predicted octanol–water partition coefficient (Wildman–Crippen LogP) is 3.92. The fourth-order valence-corrected chi connectivity index (χ4v) is 3.57. The quantitative estimate of drug-likeness (QED) is 0.318. The summed E-state index contributed by atoms with van der Waals surface area (Å²) in [5.41, 5.74) is 2.06. The minimum atomic E-state index is -1.03. The second-order valence-electron chi connectivity index (χ2n) is 6.69. The summed E-state index contributed by atoms with van der Waals surface area (Å²) in [7, 11) is 1.57. The van der Waals surface area contributed by atoms with Crippen LogP contribution in [0.4, 0.5) is 5.69 Å². The number of non-ortho nitro benzene ring substituents is 1. The van der Waals surface area contributed by atoms with Crippen molar-refractivity contribution in [1.82, 2.24) is 0 Å². The van der Waals surface area contributed by atoms with Crippen LogP contribution in [0.3, 0.4) is 0 Å². The molecule has 0 bridgehead atoms. The number of rotatable bonds is 6. The van der Waals surface area contributed by atoms with Gasteiger partial charge in [-0.1, -0.05) is 24.3 Å². The summed E-state index contributed by atoms with van der Waals surface area (Å²) in [6, 6.07) is 13.3. The molecule has 0 aliphatic heterocycles. The van der Waals surface area contributed by atoms with Crippen molar-refractivity contribution in [2.24, 2.45) is 5.92 Å². The molecule has 2 aromatic rings. The van der Waals surface area contributed by atoms with Gasteiger partial charge in [0.1, 0.15) is 11.7 Å². The van der Waals surface area contributed by atoms with Crippen LogP contribution in [0.15, 0.2) is 54.6 Å². The highest BCUT2D eigenvalue weighted by Gasteiger charge is 2.40. The number of ether oxygens (including phenoxy) is 2. The molecule has 29 heavy (non-hydrogen) atoms. The Morgan fingerprint density at radius 1 is 1.21 bits per heavy atom. The van der Waals surface area contributed by atoms with Gasteiger partial charge in [-0.25, -0.2) is 0 Å².